The first kappa shape index (κ1) is 13.8. The summed E-state index contributed by atoms with van der Waals surface area (Å²) in [4.78, 5) is 4.44. The third-order valence-electron chi connectivity index (χ3n) is 4.27. The van der Waals surface area contributed by atoms with Crippen LogP contribution in [0.4, 0.5) is 5.82 Å². The largest absolute Gasteiger partial charge is 0.497 e. The van der Waals surface area contributed by atoms with Crippen molar-refractivity contribution in [3.05, 3.63) is 53.9 Å². The van der Waals surface area contributed by atoms with E-state index in [0.29, 0.717) is 0 Å². The molecular weight excluding hydrogens is 288 g/mol. The number of benzene rings is 1. The molecule has 0 fully saturated rings. The lowest BCUT2D eigenvalue weighted by molar-refractivity contribution is 0.414. The van der Waals surface area contributed by atoms with E-state index in [1.807, 2.05) is 41.2 Å². The van der Waals surface area contributed by atoms with Crippen LogP contribution >= 0.6 is 0 Å². The van der Waals surface area contributed by atoms with Gasteiger partial charge in [-0.3, -0.25) is 0 Å². The normalized spacial score (nSPS) is 12.8. The van der Waals surface area contributed by atoms with Gasteiger partial charge in [0, 0.05) is 35.6 Å². The predicted octanol–water partition coefficient (Wildman–Crippen LogP) is 3.22. The van der Waals surface area contributed by atoms with Crippen molar-refractivity contribution in [3.63, 3.8) is 0 Å². The van der Waals surface area contributed by atoms with Crippen LogP contribution in [0.2, 0.25) is 0 Å². The smallest absolute Gasteiger partial charge is 0.135 e. The molecule has 1 aliphatic heterocycles. The molecule has 5 nitrogen and oxygen atoms in total. The Morgan fingerprint density at radius 1 is 1.22 bits per heavy atom. The molecule has 116 valence electrons. The quantitative estimate of drug-likeness (QED) is 0.790. The molecule has 0 unspecified atom stereocenters. The number of ether oxygens (including phenoxy) is 1. The van der Waals surface area contributed by atoms with Gasteiger partial charge in [0.15, 0.2) is 0 Å². The van der Waals surface area contributed by atoms with E-state index in [1.165, 1.54) is 5.56 Å². The van der Waals surface area contributed by atoms with Gasteiger partial charge in [0.05, 0.1) is 18.5 Å². The first-order valence-electron chi connectivity index (χ1n) is 7.70. The van der Waals surface area contributed by atoms with Crippen molar-refractivity contribution in [2.75, 3.05) is 19.0 Å². The molecule has 5 heteroatoms. The van der Waals surface area contributed by atoms with E-state index in [4.69, 9.17) is 9.84 Å². The first-order chi connectivity index (χ1) is 11.3. The molecule has 0 atom stereocenters. The number of aromatic nitrogens is 3. The van der Waals surface area contributed by atoms with Gasteiger partial charge in [0.2, 0.25) is 0 Å². The molecule has 0 bridgehead atoms. The zero-order chi connectivity index (χ0) is 15.8. The average molecular weight is 306 g/mol. The van der Waals surface area contributed by atoms with Gasteiger partial charge in [-0.15, -0.1) is 0 Å². The molecule has 0 aliphatic carbocycles. The molecule has 1 aliphatic rings. The van der Waals surface area contributed by atoms with Crippen LogP contribution in [-0.4, -0.2) is 28.4 Å². The Labute approximate surface area is 134 Å². The lowest BCUT2D eigenvalue weighted by Crippen LogP contribution is -2.06. The summed E-state index contributed by atoms with van der Waals surface area (Å²) in [7, 11) is 1.68. The summed E-state index contributed by atoms with van der Waals surface area (Å²) < 4.78 is 7.33. The summed E-state index contributed by atoms with van der Waals surface area (Å²) in [6.07, 6.45) is 2.74. The van der Waals surface area contributed by atoms with Crippen molar-refractivity contribution in [3.8, 4) is 22.7 Å². The van der Waals surface area contributed by atoms with Crippen molar-refractivity contribution in [1.82, 2.24) is 14.8 Å². The van der Waals surface area contributed by atoms with Crippen molar-refractivity contribution in [2.45, 2.75) is 13.3 Å². The molecule has 0 spiro atoms. The van der Waals surface area contributed by atoms with E-state index >= 15 is 0 Å². The highest BCUT2D eigenvalue weighted by atomic mass is 16.5. The highest BCUT2D eigenvalue weighted by molar-refractivity contribution is 5.76. The Hall–Kier alpha value is -2.82. The molecule has 3 heterocycles. The van der Waals surface area contributed by atoms with Crippen LogP contribution in [0.15, 0.2) is 42.6 Å². The Morgan fingerprint density at radius 3 is 3.00 bits per heavy atom. The van der Waals surface area contributed by atoms with E-state index in [1.54, 1.807) is 7.11 Å². The Kier molecular flexibility index (Phi) is 3.26. The Bertz CT molecular complexity index is 869. The number of fused-ring (bicyclic) bond motifs is 3. The molecule has 2 aromatic heterocycles. The van der Waals surface area contributed by atoms with E-state index in [2.05, 4.69) is 23.3 Å². The molecular formula is C18H18N4O. The van der Waals surface area contributed by atoms with Crippen LogP contribution in [0.1, 0.15) is 11.3 Å². The maximum atomic E-state index is 5.33. The standard InChI is InChI=1S/C18H18N4O/c1-12-15-8-10-20-18-16(7-4-9-19-18)17(15)21-22(12)13-5-3-6-14(11-13)23-2/h3-7,9,11H,8,10H2,1-2H3,(H,19,20). The molecule has 1 N–H and O–H groups in total. The van der Waals surface area contributed by atoms with Gasteiger partial charge in [-0.2, -0.15) is 5.10 Å². The predicted molar refractivity (Wildman–Crippen MR) is 90.3 cm³/mol. The maximum Gasteiger partial charge on any atom is 0.135 e. The number of methoxy groups -OCH3 is 1. The van der Waals surface area contributed by atoms with Crippen molar-refractivity contribution in [2.24, 2.45) is 0 Å². The SMILES string of the molecule is COc1cccc(-n2nc3c(c2C)CCNc2ncccc2-3)c1. The molecule has 4 rings (SSSR count). The number of hydrogen-bond acceptors (Lipinski definition) is 4. The summed E-state index contributed by atoms with van der Waals surface area (Å²) in [5, 5.41) is 8.26. The average Bonchev–Trinajstić information content (AvgIpc) is 2.81. The third-order valence-corrected chi connectivity index (χ3v) is 4.27. The number of hydrogen-bond donors (Lipinski definition) is 1. The van der Waals surface area contributed by atoms with Crippen molar-refractivity contribution in [1.29, 1.82) is 0 Å². The Balaban J connectivity index is 1.90. The molecule has 1 aromatic carbocycles. The van der Waals surface area contributed by atoms with Crippen LogP contribution in [0.25, 0.3) is 16.9 Å². The van der Waals surface area contributed by atoms with Gasteiger partial charge in [0.25, 0.3) is 0 Å². The summed E-state index contributed by atoms with van der Waals surface area (Å²) in [6, 6.07) is 12.0. The first-order valence-corrected chi connectivity index (χ1v) is 7.70. The lowest BCUT2D eigenvalue weighted by atomic mass is 10.1. The lowest BCUT2D eigenvalue weighted by Gasteiger charge is -2.08. The minimum atomic E-state index is 0.830. The van der Waals surface area contributed by atoms with Crippen LogP contribution in [0.3, 0.4) is 0 Å². The highest BCUT2D eigenvalue weighted by Gasteiger charge is 2.22. The fourth-order valence-electron chi connectivity index (χ4n) is 3.09. The molecule has 0 amide bonds. The monoisotopic (exact) mass is 306 g/mol. The number of nitrogens with zero attached hydrogens (tertiary/aromatic N) is 3. The molecule has 0 saturated heterocycles. The minimum absolute atomic E-state index is 0.830. The Morgan fingerprint density at radius 2 is 2.13 bits per heavy atom. The third kappa shape index (κ3) is 2.25. The zero-order valence-corrected chi connectivity index (χ0v) is 13.2. The fourth-order valence-corrected chi connectivity index (χ4v) is 3.09. The zero-order valence-electron chi connectivity index (χ0n) is 13.2. The van der Waals surface area contributed by atoms with Gasteiger partial charge in [-0.05, 0) is 37.6 Å². The van der Waals surface area contributed by atoms with E-state index in [-0.39, 0.29) is 0 Å². The summed E-state index contributed by atoms with van der Waals surface area (Å²) in [6.45, 7) is 2.98. The van der Waals surface area contributed by atoms with Crippen molar-refractivity contribution >= 4 is 5.82 Å². The van der Waals surface area contributed by atoms with Crippen LogP contribution in [0.5, 0.6) is 5.75 Å². The second-order valence-electron chi connectivity index (χ2n) is 5.60. The van der Waals surface area contributed by atoms with Crippen molar-refractivity contribution < 1.29 is 4.74 Å². The van der Waals surface area contributed by atoms with Crippen LogP contribution in [-0.2, 0) is 6.42 Å². The van der Waals surface area contributed by atoms with E-state index < -0.39 is 0 Å². The topological polar surface area (TPSA) is 52.0 Å². The summed E-state index contributed by atoms with van der Waals surface area (Å²) >= 11 is 0. The summed E-state index contributed by atoms with van der Waals surface area (Å²) in [5.41, 5.74) is 5.51. The van der Waals surface area contributed by atoms with E-state index in [9.17, 15) is 0 Å². The number of pyridine rings is 1. The molecule has 3 aromatic rings. The second-order valence-corrected chi connectivity index (χ2v) is 5.60. The fraction of sp³-hybridized carbons (Fsp3) is 0.222. The number of anilines is 1. The van der Waals surface area contributed by atoms with E-state index in [0.717, 1.165) is 47.2 Å². The molecule has 23 heavy (non-hydrogen) atoms. The number of nitrogens with one attached hydrogen (secondary N) is 1. The van der Waals surface area contributed by atoms with Gasteiger partial charge in [0.1, 0.15) is 11.6 Å². The second kappa shape index (κ2) is 5.43. The summed E-state index contributed by atoms with van der Waals surface area (Å²) in [5.74, 6) is 1.73. The van der Waals surface area contributed by atoms with Crippen LogP contribution < -0.4 is 10.1 Å². The maximum absolute atomic E-state index is 5.33. The van der Waals surface area contributed by atoms with Gasteiger partial charge < -0.3 is 10.1 Å². The van der Waals surface area contributed by atoms with Gasteiger partial charge in [-0.25, -0.2) is 9.67 Å². The van der Waals surface area contributed by atoms with Gasteiger partial charge >= 0.3 is 0 Å². The van der Waals surface area contributed by atoms with Crippen LogP contribution in [0, 0.1) is 6.92 Å². The molecule has 0 radical (unpaired) electrons. The molecule has 0 saturated carbocycles. The van der Waals surface area contributed by atoms with Gasteiger partial charge in [-0.1, -0.05) is 6.07 Å². The highest BCUT2D eigenvalue weighted by Crippen LogP contribution is 2.33. The minimum Gasteiger partial charge on any atom is -0.497 e. The number of rotatable bonds is 2.